The Bertz CT molecular complexity index is 698. The number of ether oxygens (including phenoxy) is 3. The summed E-state index contributed by atoms with van der Waals surface area (Å²) in [5.41, 5.74) is 7.42. The highest BCUT2D eigenvalue weighted by atomic mass is 16.5. The molecule has 0 aliphatic rings. The maximum atomic E-state index is 12.0. The normalized spacial score (nSPS) is 12.0. The van der Waals surface area contributed by atoms with E-state index in [1.54, 1.807) is 38.5 Å². The van der Waals surface area contributed by atoms with Crippen LogP contribution in [0.3, 0.4) is 0 Å². The van der Waals surface area contributed by atoms with Crippen molar-refractivity contribution in [1.82, 2.24) is 0 Å². The van der Waals surface area contributed by atoms with E-state index in [2.05, 4.69) is 0 Å². The smallest absolute Gasteiger partial charge is 0.331 e. The van der Waals surface area contributed by atoms with E-state index < -0.39 is 12.1 Å². The van der Waals surface area contributed by atoms with Crippen molar-refractivity contribution in [2.45, 2.75) is 6.10 Å². The molecule has 2 aromatic rings. The summed E-state index contributed by atoms with van der Waals surface area (Å²) in [4.78, 5) is 12.0. The lowest BCUT2D eigenvalue weighted by atomic mass is 10.1. The molecule has 2 rings (SSSR count). The van der Waals surface area contributed by atoms with E-state index in [1.165, 1.54) is 6.08 Å². The van der Waals surface area contributed by atoms with Crippen LogP contribution in [0.2, 0.25) is 0 Å². The molecule has 0 saturated heterocycles. The minimum atomic E-state index is -0.558. The number of esters is 1. The van der Waals surface area contributed by atoms with Gasteiger partial charge in [0, 0.05) is 12.6 Å². The predicted octanol–water partition coefficient (Wildman–Crippen LogP) is 2.96. The van der Waals surface area contributed by atoms with Crippen LogP contribution < -0.4 is 15.2 Å². The minimum absolute atomic E-state index is 0.167. The Hall–Kier alpha value is -2.79. The van der Waals surface area contributed by atoms with Crippen molar-refractivity contribution in [2.75, 3.05) is 20.8 Å². The third kappa shape index (κ3) is 4.60. The molecule has 126 valence electrons. The first-order valence-corrected chi connectivity index (χ1v) is 7.53. The first-order valence-electron chi connectivity index (χ1n) is 7.53. The number of methoxy groups -OCH3 is 2. The molecule has 1 atom stereocenters. The molecule has 0 radical (unpaired) electrons. The summed E-state index contributed by atoms with van der Waals surface area (Å²) in [6, 6.07) is 14.8. The van der Waals surface area contributed by atoms with Gasteiger partial charge in [0.05, 0.1) is 14.2 Å². The fourth-order valence-corrected chi connectivity index (χ4v) is 2.21. The highest BCUT2D eigenvalue weighted by Gasteiger charge is 2.16. The van der Waals surface area contributed by atoms with Crippen LogP contribution in [0.5, 0.6) is 11.5 Å². The average molecular weight is 327 g/mol. The van der Waals surface area contributed by atoms with Crippen LogP contribution in [0, 0.1) is 0 Å². The third-order valence-electron chi connectivity index (χ3n) is 3.46. The highest BCUT2D eigenvalue weighted by molar-refractivity contribution is 5.87. The molecule has 5 heteroatoms. The van der Waals surface area contributed by atoms with Crippen LogP contribution in [-0.4, -0.2) is 26.7 Å². The Kier molecular flexibility index (Phi) is 6.40. The lowest BCUT2D eigenvalue weighted by Gasteiger charge is -2.17. The van der Waals surface area contributed by atoms with Gasteiger partial charge in [-0.25, -0.2) is 4.79 Å². The molecule has 0 amide bonds. The Labute approximate surface area is 141 Å². The number of hydrogen-bond acceptors (Lipinski definition) is 5. The average Bonchev–Trinajstić information content (AvgIpc) is 2.64. The number of hydrogen-bond donors (Lipinski definition) is 1. The lowest BCUT2D eigenvalue weighted by molar-refractivity contribution is -0.142. The summed E-state index contributed by atoms with van der Waals surface area (Å²) < 4.78 is 15.9. The summed E-state index contributed by atoms with van der Waals surface area (Å²) in [7, 11) is 3.11. The van der Waals surface area contributed by atoms with Gasteiger partial charge in [-0.2, -0.15) is 0 Å². The van der Waals surface area contributed by atoms with E-state index in [1.807, 2.05) is 30.3 Å². The Morgan fingerprint density at radius 1 is 1.08 bits per heavy atom. The van der Waals surface area contributed by atoms with Gasteiger partial charge in [0.15, 0.2) is 11.5 Å². The van der Waals surface area contributed by atoms with Crippen LogP contribution in [-0.2, 0) is 9.53 Å². The van der Waals surface area contributed by atoms with Crippen LogP contribution in [0.4, 0.5) is 0 Å². The number of rotatable bonds is 7. The summed E-state index contributed by atoms with van der Waals surface area (Å²) in [6.07, 6.45) is 2.53. The molecule has 0 bridgehead atoms. The molecule has 2 aromatic carbocycles. The summed E-state index contributed by atoms with van der Waals surface area (Å²) in [5.74, 6) is 0.709. The van der Waals surface area contributed by atoms with E-state index in [-0.39, 0.29) is 6.54 Å². The van der Waals surface area contributed by atoms with Crippen molar-refractivity contribution in [3.05, 3.63) is 65.7 Å². The second-order valence-corrected chi connectivity index (χ2v) is 5.02. The van der Waals surface area contributed by atoms with E-state index in [4.69, 9.17) is 19.9 Å². The zero-order chi connectivity index (χ0) is 17.4. The lowest BCUT2D eigenvalue weighted by Crippen LogP contribution is -2.18. The molecule has 0 saturated carbocycles. The van der Waals surface area contributed by atoms with Crippen LogP contribution in [0.25, 0.3) is 6.08 Å². The van der Waals surface area contributed by atoms with Crippen molar-refractivity contribution in [2.24, 2.45) is 5.73 Å². The molecule has 0 aliphatic heterocycles. The van der Waals surface area contributed by atoms with E-state index in [0.29, 0.717) is 11.5 Å². The Balaban J connectivity index is 2.08. The van der Waals surface area contributed by atoms with Gasteiger partial charge in [0.1, 0.15) is 6.10 Å². The second-order valence-electron chi connectivity index (χ2n) is 5.02. The van der Waals surface area contributed by atoms with E-state index in [0.717, 1.165) is 11.1 Å². The maximum absolute atomic E-state index is 12.0. The molecule has 0 fully saturated rings. The van der Waals surface area contributed by atoms with Crippen LogP contribution >= 0.6 is 0 Å². The summed E-state index contributed by atoms with van der Waals surface area (Å²) in [6.45, 7) is 0.167. The van der Waals surface area contributed by atoms with Crippen molar-refractivity contribution < 1.29 is 19.0 Å². The fourth-order valence-electron chi connectivity index (χ4n) is 2.21. The monoisotopic (exact) mass is 327 g/mol. The molecular formula is C19H21NO4. The van der Waals surface area contributed by atoms with Gasteiger partial charge in [-0.15, -0.1) is 0 Å². The minimum Gasteiger partial charge on any atom is -0.493 e. The maximum Gasteiger partial charge on any atom is 0.331 e. The van der Waals surface area contributed by atoms with Crippen molar-refractivity contribution >= 4 is 12.0 Å². The Morgan fingerprint density at radius 2 is 1.79 bits per heavy atom. The summed E-state index contributed by atoms with van der Waals surface area (Å²) in [5, 5.41) is 0. The fraction of sp³-hybridized carbons (Fsp3) is 0.211. The van der Waals surface area contributed by atoms with Crippen molar-refractivity contribution in [3.8, 4) is 11.5 Å². The van der Waals surface area contributed by atoms with Gasteiger partial charge in [0.25, 0.3) is 0 Å². The topological polar surface area (TPSA) is 70.8 Å². The molecule has 0 aromatic heterocycles. The highest BCUT2D eigenvalue weighted by Crippen LogP contribution is 2.30. The number of carbonyl (C=O) groups excluding carboxylic acids is 1. The Morgan fingerprint density at radius 3 is 2.42 bits per heavy atom. The zero-order valence-electron chi connectivity index (χ0n) is 13.8. The van der Waals surface area contributed by atoms with Crippen LogP contribution in [0.15, 0.2) is 54.6 Å². The molecule has 0 unspecified atom stereocenters. The van der Waals surface area contributed by atoms with Gasteiger partial charge in [0.2, 0.25) is 0 Å². The number of carbonyl (C=O) groups is 1. The van der Waals surface area contributed by atoms with Gasteiger partial charge in [-0.05, 0) is 29.3 Å². The second kappa shape index (κ2) is 8.74. The van der Waals surface area contributed by atoms with Crippen molar-refractivity contribution in [1.29, 1.82) is 0 Å². The molecule has 2 N–H and O–H groups in total. The molecule has 0 heterocycles. The molecular weight excluding hydrogens is 306 g/mol. The first-order chi connectivity index (χ1) is 11.7. The molecule has 0 aliphatic carbocycles. The standard InChI is InChI=1S/C19H21NO4/c1-22-16-10-9-15(12-17(16)23-2)18(13-20)24-19(21)11-8-14-6-4-3-5-7-14/h3-12,18H,13,20H2,1-2H3/b11-8+/t18-/m1/s1. The number of nitrogens with two attached hydrogens (primary N) is 1. The SMILES string of the molecule is COc1ccc([C@@H](CN)OC(=O)/C=C/c2ccccc2)cc1OC. The van der Waals surface area contributed by atoms with Gasteiger partial charge in [-0.3, -0.25) is 0 Å². The van der Waals surface area contributed by atoms with Crippen LogP contribution in [0.1, 0.15) is 17.2 Å². The van der Waals surface area contributed by atoms with Gasteiger partial charge >= 0.3 is 5.97 Å². The zero-order valence-corrected chi connectivity index (χ0v) is 13.8. The quantitative estimate of drug-likeness (QED) is 0.625. The predicted molar refractivity (Wildman–Crippen MR) is 92.9 cm³/mol. The summed E-state index contributed by atoms with van der Waals surface area (Å²) >= 11 is 0. The number of benzene rings is 2. The molecule has 24 heavy (non-hydrogen) atoms. The van der Waals surface area contributed by atoms with Gasteiger partial charge < -0.3 is 19.9 Å². The van der Waals surface area contributed by atoms with Crippen molar-refractivity contribution in [3.63, 3.8) is 0 Å². The largest absolute Gasteiger partial charge is 0.493 e. The van der Waals surface area contributed by atoms with E-state index >= 15 is 0 Å². The first kappa shape index (κ1) is 17.6. The van der Waals surface area contributed by atoms with E-state index in [9.17, 15) is 4.79 Å². The molecule has 5 nitrogen and oxygen atoms in total. The van der Waals surface area contributed by atoms with Gasteiger partial charge in [-0.1, -0.05) is 36.4 Å². The molecule has 0 spiro atoms. The third-order valence-corrected chi connectivity index (χ3v) is 3.46.